The number of hydrogen-bond acceptors (Lipinski definition) is 7. The lowest BCUT2D eigenvalue weighted by molar-refractivity contribution is -0.122. The van der Waals surface area contributed by atoms with Gasteiger partial charge in [0.1, 0.15) is 5.69 Å². The largest absolute Gasteiger partial charge is 0.494 e. The quantitative estimate of drug-likeness (QED) is 0.162. The Morgan fingerprint density at radius 3 is 2.44 bits per heavy atom. The molecule has 3 aromatic heterocycles. The summed E-state index contributed by atoms with van der Waals surface area (Å²) in [4.78, 5) is 49.8. The number of halogens is 1. The second kappa shape index (κ2) is 11.3. The van der Waals surface area contributed by atoms with Crippen LogP contribution in [0.3, 0.4) is 0 Å². The number of nitrogens with zero attached hydrogens (tertiary/aromatic N) is 2. The van der Waals surface area contributed by atoms with Crippen LogP contribution >= 0.6 is 0 Å². The van der Waals surface area contributed by atoms with Gasteiger partial charge in [-0.05, 0) is 42.7 Å². The summed E-state index contributed by atoms with van der Waals surface area (Å²) in [7, 11) is 0. The minimum Gasteiger partial charge on any atom is -0.494 e. The highest BCUT2D eigenvalue weighted by atomic mass is 19.1. The van der Waals surface area contributed by atoms with Crippen molar-refractivity contribution >= 4 is 28.5 Å². The molecule has 39 heavy (non-hydrogen) atoms. The fourth-order valence-corrected chi connectivity index (χ4v) is 4.27. The standard InChI is InChI=1S/C28H28FN5O5/c1-14(2)24(25(36)23-15(3)26(37)34-28(23)39)33-22(35)12-20(32-27(38)19-9-6-10-21(29)31-19)17-11-16-7-4-5-8-18(16)30-13-17/h4-11,13-14,20,24,34,37,39H,12H2,1-3H3,(H,32,38)(H,33,35)/t20?,24-/m0/s1. The van der Waals surface area contributed by atoms with E-state index in [4.69, 9.17) is 0 Å². The molecule has 2 amide bonds. The van der Waals surface area contributed by atoms with Gasteiger partial charge in [-0.15, -0.1) is 0 Å². The highest BCUT2D eigenvalue weighted by molar-refractivity contribution is 6.05. The summed E-state index contributed by atoms with van der Waals surface area (Å²) in [5.41, 5.74) is 1.12. The number of para-hydroxylation sites is 1. The van der Waals surface area contributed by atoms with Crippen LogP contribution in [0, 0.1) is 18.8 Å². The van der Waals surface area contributed by atoms with Crippen molar-refractivity contribution in [3.05, 3.63) is 83.1 Å². The van der Waals surface area contributed by atoms with Gasteiger partial charge in [-0.1, -0.05) is 38.1 Å². The van der Waals surface area contributed by atoms with E-state index in [2.05, 4.69) is 25.6 Å². The molecule has 11 heteroatoms. The van der Waals surface area contributed by atoms with Gasteiger partial charge in [-0.25, -0.2) is 4.98 Å². The first-order chi connectivity index (χ1) is 18.5. The maximum Gasteiger partial charge on any atom is 0.270 e. The molecule has 0 aliphatic carbocycles. The highest BCUT2D eigenvalue weighted by Gasteiger charge is 2.32. The molecule has 0 fully saturated rings. The summed E-state index contributed by atoms with van der Waals surface area (Å²) in [6, 6.07) is 11.0. The number of fused-ring (bicyclic) bond motifs is 1. The van der Waals surface area contributed by atoms with Gasteiger partial charge in [0.05, 0.1) is 29.6 Å². The van der Waals surface area contributed by atoms with E-state index in [0.717, 1.165) is 17.0 Å². The smallest absolute Gasteiger partial charge is 0.270 e. The van der Waals surface area contributed by atoms with Crippen LogP contribution in [0.4, 0.5) is 4.39 Å². The van der Waals surface area contributed by atoms with E-state index in [0.29, 0.717) is 5.56 Å². The molecule has 0 aliphatic rings. The SMILES string of the molecule is Cc1c(O)[nH]c(O)c1C(=O)[C@@H](NC(=O)CC(NC(=O)c1cccc(F)n1)c1cnc2ccccc2c1)C(C)C. The van der Waals surface area contributed by atoms with Crippen LogP contribution in [0.5, 0.6) is 11.8 Å². The summed E-state index contributed by atoms with van der Waals surface area (Å²) in [5.74, 6) is -3.88. The molecular weight excluding hydrogens is 505 g/mol. The number of H-pyrrole nitrogens is 1. The molecule has 0 bridgehead atoms. The third-order valence-electron chi connectivity index (χ3n) is 6.37. The Morgan fingerprint density at radius 2 is 1.77 bits per heavy atom. The maximum atomic E-state index is 13.6. The van der Waals surface area contributed by atoms with Gasteiger partial charge in [0.2, 0.25) is 17.7 Å². The third kappa shape index (κ3) is 6.03. The maximum absolute atomic E-state index is 13.6. The number of amides is 2. The second-order valence-electron chi connectivity index (χ2n) is 9.51. The number of aromatic hydroxyl groups is 2. The number of hydrogen-bond donors (Lipinski definition) is 5. The predicted octanol–water partition coefficient (Wildman–Crippen LogP) is 3.70. The van der Waals surface area contributed by atoms with E-state index in [9.17, 15) is 29.0 Å². The van der Waals surface area contributed by atoms with Gasteiger partial charge >= 0.3 is 0 Å². The molecule has 4 aromatic rings. The van der Waals surface area contributed by atoms with Crippen LogP contribution in [0.1, 0.15) is 58.3 Å². The molecular formula is C28H28FN5O5. The minimum atomic E-state index is -1.03. The Bertz CT molecular complexity index is 1550. The van der Waals surface area contributed by atoms with Gasteiger partial charge in [-0.2, -0.15) is 4.39 Å². The number of nitrogens with one attached hydrogen (secondary N) is 3. The van der Waals surface area contributed by atoms with E-state index in [-0.39, 0.29) is 35.0 Å². The van der Waals surface area contributed by atoms with Gasteiger partial charge in [-0.3, -0.25) is 24.4 Å². The number of pyridine rings is 2. The summed E-state index contributed by atoms with van der Waals surface area (Å²) in [6.45, 7) is 4.92. The molecule has 2 atom stereocenters. The molecule has 5 N–H and O–H groups in total. The fourth-order valence-electron chi connectivity index (χ4n) is 4.27. The number of aromatic amines is 1. The highest BCUT2D eigenvalue weighted by Crippen LogP contribution is 2.30. The number of aromatic nitrogens is 3. The van der Waals surface area contributed by atoms with E-state index in [1.807, 2.05) is 24.3 Å². The van der Waals surface area contributed by atoms with Crippen LogP contribution in [-0.2, 0) is 4.79 Å². The van der Waals surface area contributed by atoms with Crippen molar-refractivity contribution in [1.29, 1.82) is 0 Å². The van der Waals surface area contributed by atoms with Crippen LogP contribution in [-0.4, -0.2) is 48.8 Å². The van der Waals surface area contributed by atoms with Crippen molar-refractivity contribution in [1.82, 2.24) is 25.6 Å². The van der Waals surface area contributed by atoms with Crippen molar-refractivity contribution in [2.24, 2.45) is 5.92 Å². The van der Waals surface area contributed by atoms with Crippen LogP contribution in [0.2, 0.25) is 0 Å². The minimum absolute atomic E-state index is 0.118. The topological polar surface area (TPSA) is 157 Å². The first-order valence-electron chi connectivity index (χ1n) is 12.3. The van der Waals surface area contributed by atoms with E-state index < -0.39 is 41.5 Å². The normalized spacial score (nSPS) is 12.7. The monoisotopic (exact) mass is 533 g/mol. The fraction of sp³-hybridized carbons (Fsp3) is 0.250. The predicted molar refractivity (Wildman–Crippen MR) is 141 cm³/mol. The molecule has 0 spiro atoms. The first-order valence-corrected chi connectivity index (χ1v) is 12.3. The van der Waals surface area contributed by atoms with Crippen molar-refractivity contribution in [2.75, 3.05) is 0 Å². The number of rotatable bonds is 9. The van der Waals surface area contributed by atoms with Crippen LogP contribution in [0.15, 0.2) is 54.7 Å². The lowest BCUT2D eigenvalue weighted by atomic mass is 9.93. The Labute approximate surface area is 223 Å². The molecule has 0 aliphatic heterocycles. The van der Waals surface area contributed by atoms with Crippen molar-refractivity contribution in [3.8, 4) is 11.8 Å². The molecule has 3 heterocycles. The molecule has 1 unspecified atom stereocenters. The zero-order valence-electron chi connectivity index (χ0n) is 21.5. The number of carbonyl (C=O) groups is 3. The Hall–Kier alpha value is -4.80. The van der Waals surface area contributed by atoms with E-state index in [1.54, 1.807) is 19.9 Å². The average molecular weight is 534 g/mol. The van der Waals surface area contributed by atoms with Crippen LogP contribution in [0.25, 0.3) is 10.9 Å². The summed E-state index contributed by atoms with van der Waals surface area (Å²) >= 11 is 0. The molecule has 0 saturated carbocycles. The van der Waals surface area contributed by atoms with E-state index in [1.165, 1.54) is 25.3 Å². The van der Waals surface area contributed by atoms with Crippen molar-refractivity contribution in [3.63, 3.8) is 0 Å². The van der Waals surface area contributed by atoms with Gasteiger partial charge in [0.15, 0.2) is 11.7 Å². The number of Topliss-reactive ketones (excluding diaryl/α,β-unsaturated/α-hetero) is 1. The Balaban J connectivity index is 1.61. The summed E-state index contributed by atoms with van der Waals surface area (Å²) in [5, 5.41) is 26.2. The lowest BCUT2D eigenvalue weighted by Gasteiger charge is -2.24. The molecule has 4 rings (SSSR count). The summed E-state index contributed by atoms with van der Waals surface area (Å²) < 4.78 is 13.6. The second-order valence-corrected chi connectivity index (χ2v) is 9.51. The Morgan fingerprint density at radius 1 is 1.03 bits per heavy atom. The average Bonchev–Trinajstić information content (AvgIpc) is 3.16. The molecule has 0 radical (unpaired) electrons. The van der Waals surface area contributed by atoms with Gasteiger partial charge < -0.3 is 20.8 Å². The van der Waals surface area contributed by atoms with E-state index >= 15 is 0 Å². The Kier molecular flexibility index (Phi) is 7.89. The first kappa shape index (κ1) is 27.2. The molecule has 202 valence electrons. The number of ketones is 1. The van der Waals surface area contributed by atoms with Crippen LogP contribution < -0.4 is 10.6 Å². The number of carbonyl (C=O) groups excluding carboxylic acids is 3. The number of benzene rings is 1. The molecule has 10 nitrogen and oxygen atoms in total. The van der Waals surface area contributed by atoms with Crippen molar-refractivity contribution in [2.45, 2.75) is 39.3 Å². The summed E-state index contributed by atoms with van der Waals surface area (Å²) in [6.07, 6.45) is 1.26. The lowest BCUT2D eigenvalue weighted by Crippen LogP contribution is -2.45. The zero-order chi connectivity index (χ0) is 28.3. The molecule has 1 aromatic carbocycles. The van der Waals surface area contributed by atoms with Gasteiger partial charge in [0.25, 0.3) is 5.91 Å². The van der Waals surface area contributed by atoms with Crippen molar-refractivity contribution < 1.29 is 29.0 Å². The molecule has 0 saturated heterocycles. The third-order valence-corrected chi connectivity index (χ3v) is 6.37. The zero-order valence-corrected chi connectivity index (χ0v) is 21.5. The van der Waals surface area contributed by atoms with Gasteiger partial charge in [0, 0.05) is 17.1 Å².